The lowest BCUT2D eigenvalue weighted by Gasteiger charge is -2.23. The molecule has 2 fully saturated rings. The molecular formula is C15H20N4O2. The van der Waals surface area contributed by atoms with Crippen molar-refractivity contribution >= 4 is 11.9 Å². The van der Waals surface area contributed by atoms with Crippen LogP contribution >= 0.6 is 0 Å². The van der Waals surface area contributed by atoms with Gasteiger partial charge in [-0.25, -0.2) is 4.79 Å². The molecule has 2 aliphatic heterocycles. The minimum atomic E-state index is -0.740. The molecule has 3 heterocycles. The van der Waals surface area contributed by atoms with Gasteiger partial charge in [0.1, 0.15) is 5.54 Å². The number of nitrogens with one attached hydrogen (secondary N) is 1. The minimum absolute atomic E-state index is 0.0916. The summed E-state index contributed by atoms with van der Waals surface area (Å²) in [6.07, 6.45) is 2.43. The number of urea groups is 1. The lowest BCUT2D eigenvalue weighted by Crippen LogP contribution is -2.49. The first kappa shape index (κ1) is 14.0. The van der Waals surface area contributed by atoms with Crippen LogP contribution in [0.1, 0.15) is 26.0 Å². The van der Waals surface area contributed by atoms with Crippen LogP contribution in [0.2, 0.25) is 0 Å². The predicted molar refractivity (Wildman–Crippen MR) is 77.4 cm³/mol. The Morgan fingerprint density at radius 3 is 2.81 bits per heavy atom. The number of hydrogen-bond donors (Lipinski definition) is 1. The highest BCUT2D eigenvalue weighted by Gasteiger charge is 2.55. The van der Waals surface area contributed by atoms with Crippen molar-refractivity contribution in [3.05, 3.63) is 30.1 Å². The molecule has 2 aliphatic rings. The van der Waals surface area contributed by atoms with Crippen LogP contribution in [0.25, 0.3) is 0 Å². The Morgan fingerprint density at radius 2 is 2.19 bits per heavy atom. The third-order valence-electron chi connectivity index (χ3n) is 4.17. The van der Waals surface area contributed by atoms with Crippen molar-refractivity contribution in [2.45, 2.75) is 38.4 Å². The minimum Gasteiger partial charge on any atom is -0.322 e. The summed E-state index contributed by atoms with van der Waals surface area (Å²) in [5.41, 5.74) is 0.239. The Kier molecular flexibility index (Phi) is 3.41. The molecule has 1 spiro atoms. The number of imide groups is 1. The number of nitrogens with zero attached hydrogens (tertiary/aromatic N) is 3. The molecule has 0 aromatic carbocycles. The highest BCUT2D eigenvalue weighted by molar-refractivity contribution is 6.07. The molecule has 1 atom stereocenters. The van der Waals surface area contributed by atoms with E-state index in [0.29, 0.717) is 19.5 Å². The normalized spacial score (nSPS) is 26.1. The highest BCUT2D eigenvalue weighted by atomic mass is 16.2. The molecule has 0 radical (unpaired) electrons. The first-order chi connectivity index (χ1) is 10.0. The van der Waals surface area contributed by atoms with E-state index in [4.69, 9.17) is 0 Å². The predicted octanol–water partition coefficient (Wildman–Crippen LogP) is 0.986. The van der Waals surface area contributed by atoms with Gasteiger partial charge in [0.15, 0.2) is 0 Å². The molecular weight excluding hydrogens is 268 g/mol. The van der Waals surface area contributed by atoms with Crippen molar-refractivity contribution in [3.63, 3.8) is 0 Å². The van der Waals surface area contributed by atoms with Crippen LogP contribution in [0.4, 0.5) is 4.79 Å². The molecule has 0 saturated carbocycles. The van der Waals surface area contributed by atoms with Crippen LogP contribution in [0.15, 0.2) is 24.4 Å². The zero-order valence-electron chi connectivity index (χ0n) is 12.4. The summed E-state index contributed by atoms with van der Waals surface area (Å²) < 4.78 is 0. The van der Waals surface area contributed by atoms with Crippen LogP contribution < -0.4 is 5.32 Å². The fraction of sp³-hybridized carbons (Fsp3) is 0.533. The third kappa shape index (κ3) is 2.40. The zero-order chi connectivity index (χ0) is 15.0. The van der Waals surface area contributed by atoms with E-state index < -0.39 is 5.54 Å². The monoisotopic (exact) mass is 288 g/mol. The molecule has 3 rings (SSSR count). The first-order valence-electron chi connectivity index (χ1n) is 7.30. The van der Waals surface area contributed by atoms with E-state index in [2.05, 4.69) is 15.2 Å². The van der Waals surface area contributed by atoms with Crippen molar-refractivity contribution in [3.8, 4) is 0 Å². The van der Waals surface area contributed by atoms with E-state index >= 15 is 0 Å². The summed E-state index contributed by atoms with van der Waals surface area (Å²) in [6.45, 7) is 5.76. The first-order valence-corrected chi connectivity index (χ1v) is 7.30. The van der Waals surface area contributed by atoms with Crippen LogP contribution in [0.3, 0.4) is 0 Å². The summed E-state index contributed by atoms with van der Waals surface area (Å²) in [4.78, 5) is 32.4. The maximum absolute atomic E-state index is 12.6. The van der Waals surface area contributed by atoms with Gasteiger partial charge in [-0.3, -0.25) is 19.6 Å². The molecule has 6 nitrogen and oxygen atoms in total. The second kappa shape index (κ2) is 5.11. The molecule has 2 saturated heterocycles. The number of carbonyl (C=O) groups excluding carboxylic acids is 2. The molecule has 6 heteroatoms. The molecule has 0 aliphatic carbocycles. The number of aromatic nitrogens is 1. The molecule has 0 unspecified atom stereocenters. The van der Waals surface area contributed by atoms with Gasteiger partial charge < -0.3 is 5.32 Å². The van der Waals surface area contributed by atoms with Crippen LogP contribution in [-0.4, -0.2) is 51.4 Å². The lowest BCUT2D eigenvalue weighted by atomic mass is 9.98. The van der Waals surface area contributed by atoms with Crippen molar-refractivity contribution in [1.29, 1.82) is 0 Å². The molecule has 1 aromatic heterocycles. The Labute approximate surface area is 124 Å². The maximum Gasteiger partial charge on any atom is 0.325 e. The fourth-order valence-corrected chi connectivity index (χ4v) is 3.13. The van der Waals surface area contributed by atoms with Crippen molar-refractivity contribution < 1.29 is 9.59 Å². The fourth-order valence-electron chi connectivity index (χ4n) is 3.13. The van der Waals surface area contributed by atoms with E-state index in [1.165, 1.54) is 4.90 Å². The molecule has 1 N–H and O–H groups in total. The van der Waals surface area contributed by atoms with E-state index in [-0.39, 0.29) is 18.0 Å². The van der Waals surface area contributed by atoms with Gasteiger partial charge in [0.2, 0.25) is 0 Å². The molecule has 112 valence electrons. The smallest absolute Gasteiger partial charge is 0.322 e. The molecule has 1 aromatic rings. The van der Waals surface area contributed by atoms with Crippen molar-refractivity contribution in [2.24, 2.45) is 0 Å². The van der Waals surface area contributed by atoms with Gasteiger partial charge in [-0.2, -0.15) is 0 Å². The average molecular weight is 288 g/mol. The van der Waals surface area contributed by atoms with E-state index in [9.17, 15) is 9.59 Å². The van der Waals surface area contributed by atoms with E-state index in [0.717, 1.165) is 12.2 Å². The zero-order valence-corrected chi connectivity index (χ0v) is 12.4. The second-order valence-electron chi connectivity index (χ2n) is 6.06. The van der Waals surface area contributed by atoms with Crippen LogP contribution in [0, 0.1) is 0 Å². The van der Waals surface area contributed by atoms with Gasteiger partial charge in [-0.15, -0.1) is 0 Å². The van der Waals surface area contributed by atoms with Crippen LogP contribution in [0.5, 0.6) is 0 Å². The largest absolute Gasteiger partial charge is 0.325 e. The van der Waals surface area contributed by atoms with Gasteiger partial charge in [-0.05, 0) is 32.4 Å². The molecule has 3 amide bonds. The SMILES string of the molecule is CC(C)N1C(=O)N[C@]2(CCN(Cc3ccccn3)C2)C1=O. The van der Waals surface area contributed by atoms with Crippen molar-refractivity contribution in [1.82, 2.24) is 20.1 Å². The average Bonchev–Trinajstić information content (AvgIpc) is 2.93. The van der Waals surface area contributed by atoms with Gasteiger partial charge in [0, 0.05) is 31.9 Å². The summed E-state index contributed by atoms with van der Waals surface area (Å²) in [6, 6.07) is 5.44. The molecule has 21 heavy (non-hydrogen) atoms. The van der Waals surface area contributed by atoms with Gasteiger partial charge in [-0.1, -0.05) is 6.07 Å². The van der Waals surface area contributed by atoms with Gasteiger partial charge in [0.25, 0.3) is 5.91 Å². The van der Waals surface area contributed by atoms with Gasteiger partial charge in [0.05, 0.1) is 5.69 Å². The molecule has 0 bridgehead atoms. The Balaban J connectivity index is 1.72. The number of carbonyl (C=O) groups is 2. The van der Waals surface area contributed by atoms with E-state index in [1.54, 1.807) is 6.20 Å². The third-order valence-corrected chi connectivity index (χ3v) is 4.17. The summed E-state index contributed by atoms with van der Waals surface area (Å²) in [7, 11) is 0. The number of amides is 3. The number of likely N-dealkylation sites (tertiary alicyclic amines) is 1. The summed E-state index contributed by atoms with van der Waals surface area (Å²) in [5.74, 6) is -0.0916. The topological polar surface area (TPSA) is 65.5 Å². The van der Waals surface area contributed by atoms with Crippen LogP contribution in [-0.2, 0) is 11.3 Å². The Hall–Kier alpha value is -1.95. The highest BCUT2D eigenvalue weighted by Crippen LogP contribution is 2.30. The maximum atomic E-state index is 12.6. The quantitative estimate of drug-likeness (QED) is 0.842. The number of rotatable bonds is 3. The summed E-state index contributed by atoms with van der Waals surface area (Å²) >= 11 is 0. The Bertz CT molecular complexity index is 560. The number of hydrogen-bond acceptors (Lipinski definition) is 4. The Morgan fingerprint density at radius 1 is 1.38 bits per heavy atom. The second-order valence-corrected chi connectivity index (χ2v) is 6.06. The standard InChI is InChI=1S/C15H20N4O2/c1-11(2)19-13(20)15(17-14(19)21)6-8-18(10-15)9-12-5-3-4-7-16-12/h3-5,7,11H,6,8-10H2,1-2H3,(H,17,21)/t15-/m0/s1. The lowest BCUT2D eigenvalue weighted by molar-refractivity contribution is -0.132. The number of pyridine rings is 1. The van der Waals surface area contributed by atoms with Gasteiger partial charge >= 0.3 is 6.03 Å². The van der Waals surface area contributed by atoms with E-state index in [1.807, 2.05) is 32.0 Å². The summed E-state index contributed by atoms with van der Waals surface area (Å²) in [5, 5.41) is 2.90. The van der Waals surface area contributed by atoms with Crippen molar-refractivity contribution in [2.75, 3.05) is 13.1 Å².